The Kier molecular flexibility index (Phi) is 5.30. The number of hydrogen-bond donors (Lipinski definition) is 1. The van der Waals surface area contributed by atoms with Gasteiger partial charge < -0.3 is 19.1 Å². The van der Waals surface area contributed by atoms with Gasteiger partial charge in [-0.2, -0.15) is 4.98 Å². The van der Waals surface area contributed by atoms with Crippen LogP contribution in [0.25, 0.3) is 11.4 Å². The van der Waals surface area contributed by atoms with Crippen LogP contribution in [0.15, 0.2) is 53.1 Å². The summed E-state index contributed by atoms with van der Waals surface area (Å²) >= 11 is 0. The smallest absolute Gasteiger partial charge is 0.223 e. The Morgan fingerprint density at radius 3 is 2.40 bits per heavy atom. The van der Waals surface area contributed by atoms with Crippen molar-refractivity contribution in [1.29, 1.82) is 0 Å². The van der Waals surface area contributed by atoms with Crippen LogP contribution in [0.3, 0.4) is 0 Å². The second kappa shape index (κ2) is 7.81. The molecule has 1 unspecified atom stereocenters. The molecule has 0 radical (unpaired) electrons. The van der Waals surface area contributed by atoms with Crippen molar-refractivity contribution in [3.8, 4) is 22.9 Å². The van der Waals surface area contributed by atoms with Gasteiger partial charge in [0.25, 0.3) is 0 Å². The molecule has 6 heteroatoms. The zero-order valence-electron chi connectivity index (χ0n) is 14.2. The zero-order valence-corrected chi connectivity index (χ0v) is 14.2. The van der Waals surface area contributed by atoms with Gasteiger partial charge in [0.05, 0.1) is 0 Å². The average molecular weight is 340 g/mol. The summed E-state index contributed by atoms with van der Waals surface area (Å²) in [5, 5.41) is 13.9. The number of nitrogens with zero attached hydrogens (tertiary/aromatic N) is 2. The molecule has 1 heterocycles. The normalized spacial score (nSPS) is 12.0. The first kappa shape index (κ1) is 17.0. The van der Waals surface area contributed by atoms with Crippen LogP contribution in [0.4, 0.5) is 0 Å². The molecule has 0 spiro atoms. The second-order valence-corrected chi connectivity index (χ2v) is 5.75. The lowest BCUT2D eigenvalue weighted by atomic mass is 10.2. The van der Waals surface area contributed by atoms with Crippen LogP contribution in [0.1, 0.15) is 11.5 Å². The van der Waals surface area contributed by atoms with Crippen molar-refractivity contribution < 1.29 is 19.1 Å². The summed E-state index contributed by atoms with van der Waals surface area (Å²) in [7, 11) is 0. The highest BCUT2D eigenvalue weighted by atomic mass is 16.5. The van der Waals surface area contributed by atoms with Crippen LogP contribution in [0.2, 0.25) is 0 Å². The van der Waals surface area contributed by atoms with Crippen molar-refractivity contribution in [2.75, 3.05) is 13.2 Å². The maximum atomic E-state index is 10.0. The lowest BCUT2D eigenvalue weighted by molar-refractivity contribution is 0.0626. The predicted molar refractivity (Wildman–Crippen MR) is 92.6 cm³/mol. The molecule has 0 aliphatic rings. The molecule has 6 nitrogen and oxygen atoms in total. The van der Waals surface area contributed by atoms with Gasteiger partial charge in [-0.15, -0.1) is 0 Å². The molecule has 0 amide bonds. The topological polar surface area (TPSA) is 77.6 Å². The van der Waals surface area contributed by atoms with E-state index in [-0.39, 0.29) is 13.2 Å². The van der Waals surface area contributed by atoms with E-state index in [1.54, 1.807) is 13.0 Å². The Balaban J connectivity index is 1.51. The zero-order chi connectivity index (χ0) is 17.6. The SMILES string of the molecule is Cc1ccc(OCC(O)COc2cccc(-c3noc(C)n3)c2)cc1. The van der Waals surface area contributed by atoms with Crippen LogP contribution >= 0.6 is 0 Å². The number of ether oxygens (including phenoxy) is 2. The van der Waals surface area contributed by atoms with Crippen molar-refractivity contribution in [2.45, 2.75) is 20.0 Å². The molecule has 1 aromatic heterocycles. The minimum atomic E-state index is -0.739. The number of rotatable bonds is 7. The molecule has 25 heavy (non-hydrogen) atoms. The van der Waals surface area contributed by atoms with Gasteiger partial charge in [0.2, 0.25) is 11.7 Å². The maximum absolute atomic E-state index is 10.0. The van der Waals surface area contributed by atoms with E-state index < -0.39 is 6.10 Å². The lowest BCUT2D eigenvalue weighted by Gasteiger charge is -2.14. The van der Waals surface area contributed by atoms with E-state index in [1.165, 1.54) is 0 Å². The molecular weight excluding hydrogens is 320 g/mol. The summed E-state index contributed by atoms with van der Waals surface area (Å²) in [6, 6.07) is 15.0. The quantitative estimate of drug-likeness (QED) is 0.712. The minimum Gasteiger partial charge on any atom is -0.491 e. The fourth-order valence-electron chi connectivity index (χ4n) is 2.21. The number of aliphatic hydroxyl groups excluding tert-OH is 1. The number of aromatic nitrogens is 2. The summed E-state index contributed by atoms with van der Waals surface area (Å²) in [5.74, 6) is 2.35. The first-order valence-corrected chi connectivity index (χ1v) is 8.01. The first-order valence-electron chi connectivity index (χ1n) is 8.01. The van der Waals surface area contributed by atoms with Crippen LogP contribution in [-0.2, 0) is 0 Å². The minimum absolute atomic E-state index is 0.126. The third kappa shape index (κ3) is 4.81. The summed E-state index contributed by atoms with van der Waals surface area (Å²) in [6.07, 6.45) is -0.739. The molecule has 1 N–H and O–H groups in total. The molecule has 3 aromatic rings. The van der Waals surface area contributed by atoms with Gasteiger partial charge in [0.15, 0.2) is 0 Å². The summed E-state index contributed by atoms with van der Waals surface area (Å²) in [6.45, 7) is 4.03. The van der Waals surface area contributed by atoms with Crippen LogP contribution in [0, 0.1) is 13.8 Å². The van der Waals surface area contributed by atoms with Gasteiger partial charge >= 0.3 is 0 Å². The number of benzene rings is 2. The Labute approximate surface area is 146 Å². The molecule has 0 aliphatic carbocycles. The van der Waals surface area contributed by atoms with E-state index >= 15 is 0 Å². The highest BCUT2D eigenvalue weighted by molar-refractivity contribution is 5.56. The summed E-state index contributed by atoms with van der Waals surface area (Å²) < 4.78 is 16.2. The maximum Gasteiger partial charge on any atom is 0.223 e. The molecule has 0 bridgehead atoms. The van der Waals surface area contributed by atoms with Crippen LogP contribution in [-0.4, -0.2) is 34.6 Å². The highest BCUT2D eigenvalue weighted by Gasteiger charge is 2.09. The molecule has 3 rings (SSSR count). The monoisotopic (exact) mass is 340 g/mol. The molecule has 0 aliphatic heterocycles. The van der Waals surface area contributed by atoms with Crippen molar-refractivity contribution in [3.05, 3.63) is 60.0 Å². The third-order valence-corrected chi connectivity index (χ3v) is 3.53. The Morgan fingerprint density at radius 1 is 1.00 bits per heavy atom. The van der Waals surface area contributed by atoms with E-state index in [0.717, 1.165) is 16.9 Å². The van der Waals surface area contributed by atoms with Crippen LogP contribution in [0.5, 0.6) is 11.5 Å². The van der Waals surface area contributed by atoms with Gasteiger partial charge in [-0.3, -0.25) is 0 Å². The third-order valence-electron chi connectivity index (χ3n) is 3.53. The van der Waals surface area contributed by atoms with E-state index in [4.69, 9.17) is 14.0 Å². The van der Waals surface area contributed by atoms with Gasteiger partial charge in [-0.05, 0) is 31.2 Å². The fourth-order valence-corrected chi connectivity index (χ4v) is 2.21. The van der Waals surface area contributed by atoms with Crippen molar-refractivity contribution in [1.82, 2.24) is 10.1 Å². The largest absolute Gasteiger partial charge is 0.491 e. The molecule has 130 valence electrons. The van der Waals surface area contributed by atoms with E-state index in [2.05, 4.69) is 10.1 Å². The van der Waals surface area contributed by atoms with Gasteiger partial charge in [-0.1, -0.05) is 35.0 Å². The van der Waals surface area contributed by atoms with Crippen molar-refractivity contribution in [2.24, 2.45) is 0 Å². The molecule has 0 saturated heterocycles. The average Bonchev–Trinajstić information content (AvgIpc) is 3.06. The molecule has 1 atom stereocenters. The van der Waals surface area contributed by atoms with Gasteiger partial charge in [0.1, 0.15) is 30.8 Å². The van der Waals surface area contributed by atoms with Crippen LogP contribution < -0.4 is 9.47 Å². The van der Waals surface area contributed by atoms with E-state index in [0.29, 0.717) is 17.5 Å². The standard InChI is InChI=1S/C19H20N2O4/c1-13-6-8-17(9-7-13)23-11-16(22)12-24-18-5-3-4-15(10-18)19-20-14(2)25-21-19/h3-10,16,22H,11-12H2,1-2H3. The van der Waals surface area contributed by atoms with Gasteiger partial charge in [0, 0.05) is 12.5 Å². The van der Waals surface area contributed by atoms with E-state index in [9.17, 15) is 5.11 Å². The lowest BCUT2D eigenvalue weighted by Crippen LogP contribution is -2.25. The van der Waals surface area contributed by atoms with Crippen molar-refractivity contribution in [3.63, 3.8) is 0 Å². The van der Waals surface area contributed by atoms with E-state index in [1.807, 2.05) is 49.4 Å². The predicted octanol–water partition coefficient (Wildman–Crippen LogP) is 3.17. The highest BCUT2D eigenvalue weighted by Crippen LogP contribution is 2.21. The van der Waals surface area contributed by atoms with Gasteiger partial charge in [-0.25, -0.2) is 0 Å². The molecule has 0 fully saturated rings. The summed E-state index contributed by atoms with van der Waals surface area (Å²) in [5.41, 5.74) is 1.95. The second-order valence-electron chi connectivity index (χ2n) is 5.75. The fraction of sp³-hybridized carbons (Fsp3) is 0.263. The molecule has 2 aromatic carbocycles. The summed E-state index contributed by atoms with van der Waals surface area (Å²) in [4.78, 5) is 4.18. The molecular formula is C19H20N2O4. The van der Waals surface area contributed by atoms with Crippen molar-refractivity contribution >= 4 is 0 Å². The Hall–Kier alpha value is -2.86. The molecule has 0 saturated carbocycles. The number of aryl methyl sites for hydroxylation is 2. The number of hydrogen-bond acceptors (Lipinski definition) is 6. The number of aliphatic hydroxyl groups is 1. The Morgan fingerprint density at radius 2 is 1.72 bits per heavy atom. The first-order chi connectivity index (χ1) is 12.1. The Bertz CT molecular complexity index is 814.